The van der Waals surface area contributed by atoms with Crippen LogP contribution in [0.25, 0.3) is 0 Å². The van der Waals surface area contributed by atoms with Crippen LogP contribution in [0.3, 0.4) is 0 Å². The van der Waals surface area contributed by atoms with E-state index in [0.29, 0.717) is 16.1 Å². The van der Waals surface area contributed by atoms with E-state index in [1.54, 1.807) is 42.5 Å². The van der Waals surface area contributed by atoms with E-state index in [4.69, 9.17) is 16.3 Å². The van der Waals surface area contributed by atoms with Crippen LogP contribution in [0.4, 0.5) is 0 Å². The highest BCUT2D eigenvalue weighted by molar-refractivity contribution is 14.1. The number of rotatable bonds is 7. The summed E-state index contributed by atoms with van der Waals surface area (Å²) in [5.74, 6) is -1.02. The van der Waals surface area contributed by atoms with Gasteiger partial charge in [-0.2, -0.15) is 0 Å². The molecule has 0 amide bonds. The van der Waals surface area contributed by atoms with Crippen molar-refractivity contribution in [2.45, 2.75) is 12.8 Å². The second-order valence-corrected chi connectivity index (χ2v) is 6.71. The molecule has 124 valence electrons. The second-order valence-electron chi connectivity index (χ2n) is 5.02. The minimum absolute atomic E-state index is 0.0257. The molecule has 0 aromatic heterocycles. The van der Waals surface area contributed by atoms with Crippen molar-refractivity contribution in [1.29, 1.82) is 0 Å². The Kier molecular flexibility index (Phi) is 6.93. The molecule has 0 aliphatic heterocycles. The molecule has 0 atom stereocenters. The van der Waals surface area contributed by atoms with E-state index in [2.05, 4.69) is 22.6 Å². The molecule has 0 saturated heterocycles. The van der Waals surface area contributed by atoms with Crippen molar-refractivity contribution in [3.05, 3.63) is 68.3 Å². The Hall–Kier alpha value is -1.73. The first-order valence-electron chi connectivity index (χ1n) is 7.19. The molecule has 0 heterocycles. The fourth-order valence-electron chi connectivity index (χ4n) is 1.96. The zero-order chi connectivity index (χ0) is 17.5. The zero-order valence-corrected chi connectivity index (χ0v) is 15.5. The van der Waals surface area contributed by atoms with E-state index < -0.39 is 5.97 Å². The molecule has 6 heteroatoms. The van der Waals surface area contributed by atoms with Crippen molar-refractivity contribution in [3.8, 4) is 0 Å². The van der Waals surface area contributed by atoms with Crippen LogP contribution >= 0.6 is 34.2 Å². The molecule has 0 aliphatic rings. The smallest absolute Gasteiger partial charge is 0.306 e. The van der Waals surface area contributed by atoms with Gasteiger partial charge in [0.05, 0.1) is 6.42 Å². The van der Waals surface area contributed by atoms with Crippen molar-refractivity contribution in [2.75, 3.05) is 6.61 Å². The third kappa shape index (κ3) is 5.72. The van der Waals surface area contributed by atoms with E-state index in [0.717, 1.165) is 3.57 Å². The summed E-state index contributed by atoms with van der Waals surface area (Å²) in [5, 5.41) is 0.542. The molecule has 0 radical (unpaired) electrons. The standard InChI is InChI=1S/C18H14ClIO4/c19-14-6-4-12(5-7-14)16(21)8-9-18(23)24-11-17(22)13-2-1-3-15(20)10-13/h1-7,10H,8-9,11H2. The molecule has 24 heavy (non-hydrogen) atoms. The van der Waals surface area contributed by atoms with Gasteiger partial charge < -0.3 is 4.74 Å². The number of hydrogen-bond acceptors (Lipinski definition) is 4. The molecule has 0 saturated carbocycles. The first kappa shape index (κ1) is 18.6. The molecular formula is C18H14ClIO4. The van der Waals surface area contributed by atoms with E-state index >= 15 is 0 Å². The van der Waals surface area contributed by atoms with Crippen LogP contribution in [0.15, 0.2) is 48.5 Å². The van der Waals surface area contributed by atoms with Gasteiger partial charge in [-0.3, -0.25) is 14.4 Å². The fourth-order valence-corrected chi connectivity index (χ4v) is 2.63. The summed E-state index contributed by atoms with van der Waals surface area (Å²) in [6, 6.07) is 13.5. The number of halogens is 2. The maximum Gasteiger partial charge on any atom is 0.306 e. The van der Waals surface area contributed by atoms with E-state index in [9.17, 15) is 14.4 Å². The highest BCUT2D eigenvalue weighted by atomic mass is 127. The minimum atomic E-state index is -0.573. The predicted octanol–water partition coefficient (Wildman–Crippen LogP) is 4.33. The van der Waals surface area contributed by atoms with Crippen LogP contribution in [0.5, 0.6) is 0 Å². The van der Waals surface area contributed by atoms with Gasteiger partial charge >= 0.3 is 5.97 Å². The Labute approximate surface area is 158 Å². The summed E-state index contributed by atoms with van der Waals surface area (Å²) in [4.78, 5) is 35.6. The Morgan fingerprint density at radius 2 is 1.62 bits per heavy atom. The number of carbonyl (C=O) groups excluding carboxylic acids is 3. The summed E-state index contributed by atoms with van der Waals surface area (Å²) < 4.78 is 5.87. The lowest BCUT2D eigenvalue weighted by atomic mass is 10.1. The van der Waals surface area contributed by atoms with Gasteiger partial charge in [-0.05, 0) is 59.0 Å². The number of ether oxygens (including phenoxy) is 1. The summed E-state index contributed by atoms with van der Waals surface area (Å²) in [6.07, 6.45) is -0.0427. The molecule has 4 nitrogen and oxygen atoms in total. The maximum absolute atomic E-state index is 11.9. The van der Waals surface area contributed by atoms with Crippen LogP contribution in [-0.2, 0) is 9.53 Å². The first-order valence-corrected chi connectivity index (χ1v) is 8.64. The van der Waals surface area contributed by atoms with Crippen molar-refractivity contribution in [2.24, 2.45) is 0 Å². The van der Waals surface area contributed by atoms with Gasteiger partial charge in [-0.25, -0.2) is 0 Å². The normalized spacial score (nSPS) is 10.2. The summed E-state index contributed by atoms with van der Waals surface area (Å²) >= 11 is 7.86. The SMILES string of the molecule is O=C(CCC(=O)c1ccc(Cl)cc1)OCC(=O)c1cccc(I)c1. The second kappa shape index (κ2) is 8.94. The summed E-state index contributed by atoms with van der Waals surface area (Å²) in [7, 11) is 0. The van der Waals surface area contributed by atoms with E-state index in [1.807, 2.05) is 6.07 Å². The molecular weight excluding hydrogens is 443 g/mol. The molecule has 0 fully saturated rings. The molecule has 0 spiro atoms. The maximum atomic E-state index is 11.9. The minimum Gasteiger partial charge on any atom is -0.457 e. The molecule has 0 aliphatic carbocycles. The highest BCUT2D eigenvalue weighted by Crippen LogP contribution is 2.12. The van der Waals surface area contributed by atoms with Gasteiger partial charge in [0.1, 0.15) is 0 Å². The van der Waals surface area contributed by atoms with Crippen molar-refractivity contribution in [3.63, 3.8) is 0 Å². The van der Waals surface area contributed by atoms with Gasteiger partial charge in [-0.15, -0.1) is 0 Å². The number of carbonyl (C=O) groups is 3. The quantitative estimate of drug-likeness (QED) is 0.353. The number of benzene rings is 2. The van der Waals surface area contributed by atoms with Crippen molar-refractivity contribution in [1.82, 2.24) is 0 Å². The fraction of sp³-hybridized carbons (Fsp3) is 0.167. The third-order valence-corrected chi connectivity index (χ3v) is 4.16. The molecule has 2 aromatic carbocycles. The topological polar surface area (TPSA) is 60.4 Å². The Morgan fingerprint density at radius 1 is 0.917 bits per heavy atom. The van der Waals surface area contributed by atoms with Gasteiger partial charge in [0.15, 0.2) is 18.2 Å². The molecule has 2 aromatic rings. The lowest BCUT2D eigenvalue weighted by Gasteiger charge is -2.05. The lowest BCUT2D eigenvalue weighted by Crippen LogP contribution is -2.15. The molecule has 0 bridgehead atoms. The van der Waals surface area contributed by atoms with Crippen LogP contribution in [0.1, 0.15) is 33.6 Å². The van der Waals surface area contributed by atoms with Crippen LogP contribution in [0.2, 0.25) is 5.02 Å². The number of esters is 1. The monoisotopic (exact) mass is 456 g/mol. The largest absolute Gasteiger partial charge is 0.457 e. The number of Topliss-reactive ketones (excluding diaryl/α,β-unsaturated/α-hetero) is 2. The van der Waals surface area contributed by atoms with Gasteiger partial charge in [0.2, 0.25) is 0 Å². The van der Waals surface area contributed by atoms with Crippen molar-refractivity contribution >= 4 is 51.7 Å². The zero-order valence-electron chi connectivity index (χ0n) is 12.6. The van der Waals surface area contributed by atoms with E-state index in [-0.39, 0.29) is 31.0 Å². The lowest BCUT2D eigenvalue weighted by molar-refractivity contribution is -0.142. The van der Waals surface area contributed by atoms with Crippen LogP contribution in [-0.4, -0.2) is 24.1 Å². The predicted molar refractivity (Wildman–Crippen MR) is 99.5 cm³/mol. The Morgan fingerprint density at radius 3 is 2.29 bits per heavy atom. The summed E-state index contributed by atoms with van der Waals surface area (Å²) in [5.41, 5.74) is 0.981. The third-order valence-electron chi connectivity index (χ3n) is 3.23. The Balaban J connectivity index is 1.78. The van der Waals surface area contributed by atoms with Gasteiger partial charge in [0, 0.05) is 26.1 Å². The highest BCUT2D eigenvalue weighted by Gasteiger charge is 2.13. The molecule has 2 rings (SSSR count). The van der Waals surface area contributed by atoms with Gasteiger partial charge in [0.25, 0.3) is 0 Å². The van der Waals surface area contributed by atoms with E-state index in [1.165, 1.54) is 0 Å². The van der Waals surface area contributed by atoms with Crippen LogP contribution in [0, 0.1) is 3.57 Å². The van der Waals surface area contributed by atoms with Gasteiger partial charge in [-0.1, -0.05) is 23.7 Å². The summed E-state index contributed by atoms with van der Waals surface area (Å²) in [6.45, 7) is -0.325. The average molecular weight is 457 g/mol. The van der Waals surface area contributed by atoms with Crippen molar-refractivity contribution < 1.29 is 19.1 Å². The average Bonchev–Trinajstić information content (AvgIpc) is 2.58. The molecule has 0 N–H and O–H groups in total. The Bertz CT molecular complexity index is 756. The van der Waals surface area contributed by atoms with Crippen LogP contribution < -0.4 is 0 Å². The number of hydrogen-bond donors (Lipinski definition) is 0. The first-order chi connectivity index (χ1) is 11.5. The molecule has 0 unspecified atom stereocenters. The number of ketones is 2.